The first kappa shape index (κ1) is 18.8. The number of carbonyl (C=O) groups is 1. The van der Waals surface area contributed by atoms with Crippen molar-refractivity contribution in [2.24, 2.45) is 0 Å². The molecule has 0 aliphatic heterocycles. The fraction of sp³-hybridized carbons (Fsp3) is 0.0435. The summed E-state index contributed by atoms with van der Waals surface area (Å²) < 4.78 is 16.2. The van der Waals surface area contributed by atoms with E-state index < -0.39 is 5.97 Å². The molecule has 4 aromatic rings. The van der Waals surface area contributed by atoms with Gasteiger partial charge < -0.3 is 13.9 Å². The van der Waals surface area contributed by atoms with Crippen molar-refractivity contribution >= 4 is 28.5 Å². The molecule has 0 saturated heterocycles. The van der Waals surface area contributed by atoms with E-state index in [0.717, 1.165) is 0 Å². The molecule has 4 rings (SSSR count). The fourth-order valence-electron chi connectivity index (χ4n) is 2.98. The summed E-state index contributed by atoms with van der Waals surface area (Å²) in [7, 11) is 1.48. The van der Waals surface area contributed by atoms with E-state index in [2.05, 4.69) is 0 Å². The van der Waals surface area contributed by atoms with Gasteiger partial charge in [0.1, 0.15) is 28.9 Å². The maximum atomic E-state index is 12.8. The summed E-state index contributed by atoms with van der Waals surface area (Å²) in [6, 6.07) is 18.3. The van der Waals surface area contributed by atoms with Crippen molar-refractivity contribution in [2.45, 2.75) is 0 Å². The van der Waals surface area contributed by atoms with Crippen LogP contribution in [0, 0.1) is 0 Å². The summed E-state index contributed by atoms with van der Waals surface area (Å²) in [6.45, 7) is 0. The van der Waals surface area contributed by atoms with Crippen molar-refractivity contribution in [3.63, 3.8) is 0 Å². The molecule has 0 spiro atoms. The van der Waals surface area contributed by atoms with Crippen LogP contribution in [-0.2, 0) is 0 Å². The molecule has 0 radical (unpaired) electrons. The molecule has 3 aromatic carbocycles. The highest BCUT2D eigenvalue weighted by molar-refractivity contribution is 6.30. The van der Waals surface area contributed by atoms with Crippen molar-refractivity contribution in [2.75, 3.05) is 7.11 Å². The number of hydrogen-bond donors (Lipinski definition) is 0. The Labute approximate surface area is 171 Å². The number of rotatable bonds is 4. The minimum atomic E-state index is -0.568. The summed E-state index contributed by atoms with van der Waals surface area (Å²) in [5.74, 6) is 0.107. The SMILES string of the molecule is COc1ccccc1C(=O)Oc1ccc2c(=O)c(-c3ccc(Cl)cc3)coc2c1. The van der Waals surface area contributed by atoms with Gasteiger partial charge in [0.25, 0.3) is 0 Å². The van der Waals surface area contributed by atoms with Crippen molar-refractivity contribution < 1.29 is 18.7 Å². The van der Waals surface area contributed by atoms with Crippen LogP contribution in [0.15, 0.2) is 82.2 Å². The number of halogens is 1. The molecule has 1 heterocycles. The van der Waals surface area contributed by atoms with Gasteiger partial charge >= 0.3 is 5.97 Å². The summed E-state index contributed by atoms with van der Waals surface area (Å²) >= 11 is 5.91. The van der Waals surface area contributed by atoms with E-state index in [1.165, 1.54) is 19.4 Å². The third-order valence-corrected chi connectivity index (χ3v) is 4.69. The lowest BCUT2D eigenvalue weighted by Crippen LogP contribution is -2.10. The number of carbonyl (C=O) groups excluding carboxylic acids is 1. The summed E-state index contributed by atoms with van der Waals surface area (Å²) in [5, 5.41) is 0.968. The molecular weight excluding hydrogens is 392 g/mol. The van der Waals surface area contributed by atoms with Crippen LogP contribution in [0.25, 0.3) is 22.1 Å². The lowest BCUT2D eigenvalue weighted by Gasteiger charge is -2.09. The van der Waals surface area contributed by atoms with E-state index in [0.29, 0.717) is 38.4 Å². The second kappa shape index (κ2) is 7.81. The van der Waals surface area contributed by atoms with Crippen LogP contribution < -0.4 is 14.9 Å². The third-order valence-electron chi connectivity index (χ3n) is 4.44. The minimum absolute atomic E-state index is 0.184. The van der Waals surface area contributed by atoms with Crippen molar-refractivity contribution in [1.82, 2.24) is 0 Å². The minimum Gasteiger partial charge on any atom is -0.496 e. The molecule has 0 atom stereocenters. The molecule has 0 aliphatic rings. The Morgan fingerprint density at radius 3 is 2.52 bits per heavy atom. The molecule has 0 saturated carbocycles. The van der Waals surface area contributed by atoms with E-state index in [4.69, 9.17) is 25.5 Å². The van der Waals surface area contributed by atoms with E-state index in [1.54, 1.807) is 60.7 Å². The molecular formula is C23H15ClO5. The number of benzene rings is 3. The van der Waals surface area contributed by atoms with E-state index in [9.17, 15) is 9.59 Å². The highest BCUT2D eigenvalue weighted by Gasteiger charge is 2.15. The van der Waals surface area contributed by atoms with Gasteiger partial charge in [-0.05, 0) is 42.0 Å². The predicted octanol–water partition coefficient (Wildman–Crippen LogP) is 5.34. The Morgan fingerprint density at radius 2 is 1.76 bits per heavy atom. The average Bonchev–Trinajstić information content (AvgIpc) is 2.74. The molecule has 6 heteroatoms. The number of fused-ring (bicyclic) bond motifs is 1. The molecule has 1 aromatic heterocycles. The van der Waals surface area contributed by atoms with Gasteiger partial charge in [-0.15, -0.1) is 0 Å². The maximum absolute atomic E-state index is 12.8. The number of methoxy groups -OCH3 is 1. The van der Waals surface area contributed by atoms with Crippen molar-refractivity contribution in [3.05, 3.63) is 93.8 Å². The average molecular weight is 407 g/mol. The van der Waals surface area contributed by atoms with Crippen molar-refractivity contribution in [1.29, 1.82) is 0 Å². The van der Waals surface area contributed by atoms with Crippen LogP contribution in [0.2, 0.25) is 5.02 Å². The summed E-state index contributed by atoms with van der Waals surface area (Å²) in [5.41, 5.74) is 1.56. The Morgan fingerprint density at radius 1 is 1.00 bits per heavy atom. The molecule has 29 heavy (non-hydrogen) atoms. The first-order valence-electron chi connectivity index (χ1n) is 8.73. The van der Waals surface area contributed by atoms with Gasteiger partial charge in [-0.1, -0.05) is 35.9 Å². The standard InChI is InChI=1S/C23H15ClO5/c1-27-20-5-3-2-4-18(20)23(26)29-16-10-11-17-21(12-16)28-13-19(22(17)25)14-6-8-15(24)9-7-14/h2-13H,1H3. The zero-order valence-corrected chi connectivity index (χ0v) is 16.1. The van der Waals surface area contributed by atoms with Crippen LogP contribution in [0.4, 0.5) is 0 Å². The molecule has 144 valence electrons. The zero-order valence-electron chi connectivity index (χ0n) is 15.3. The zero-order chi connectivity index (χ0) is 20.4. The normalized spacial score (nSPS) is 10.7. The number of para-hydroxylation sites is 1. The first-order valence-corrected chi connectivity index (χ1v) is 9.11. The Hall–Kier alpha value is -3.57. The van der Waals surface area contributed by atoms with Crippen LogP contribution in [0.5, 0.6) is 11.5 Å². The molecule has 5 nitrogen and oxygen atoms in total. The lowest BCUT2D eigenvalue weighted by atomic mass is 10.1. The smallest absolute Gasteiger partial charge is 0.347 e. The quantitative estimate of drug-likeness (QED) is 0.338. The molecule has 0 fully saturated rings. The molecule has 0 bridgehead atoms. The highest BCUT2D eigenvalue weighted by atomic mass is 35.5. The monoisotopic (exact) mass is 406 g/mol. The van der Waals surface area contributed by atoms with E-state index in [-0.39, 0.29) is 11.2 Å². The van der Waals surface area contributed by atoms with Gasteiger partial charge in [0.15, 0.2) is 5.43 Å². The van der Waals surface area contributed by atoms with Gasteiger partial charge in [0, 0.05) is 11.1 Å². The Balaban J connectivity index is 1.67. The second-order valence-corrected chi connectivity index (χ2v) is 6.67. The summed E-state index contributed by atoms with van der Waals surface area (Å²) in [4.78, 5) is 25.3. The van der Waals surface area contributed by atoms with Gasteiger partial charge in [0.2, 0.25) is 0 Å². The highest BCUT2D eigenvalue weighted by Crippen LogP contribution is 2.25. The maximum Gasteiger partial charge on any atom is 0.347 e. The molecule has 0 amide bonds. The predicted molar refractivity (Wildman–Crippen MR) is 111 cm³/mol. The first-order chi connectivity index (χ1) is 14.1. The largest absolute Gasteiger partial charge is 0.496 e. The van der Waals surface area contributed by atoms with Gasteiger partial charge in [-0.3, -0.25) is 4.79 Å². The van der Waals surface area contributed by atoms with E-state index in [1.807, 2.05) is 0 Å². The fourth-order valence-corrected chi connectivity index (χ4v) is 3.10. The molecule has 0 N–H and O–H groups in total. The van der Waals surface area contributed by atoms with Crippen LogP contribution in [0.3, 0.4) is 0 Å². The van der Waals surface area contributed by atoms with Crippen LogP contribution in [-0.4, -0.2) is 13.1 Å². The number of hydrogen-bond acceptors (Lipinski definition) is 5. The van der Waals surface area contributed by atoms with Crippen molar-refractivity contribution in [3.8, 4) is 22.6 Å². The van der Waals surface area contributed by atoms with Crippen LogP contribution in [0.1, 0.15) is 10.4 Å². The Bertz CT molecular complexity index is 1260. The second-order valence-electron chi connectivity index (χ2n) is 6.23. The molecule has 0 aliphatic carbocycles. The topological polar surface area (TPSA) is 65.7 Å². The van der Waals surface area contributed by atoms with E-state index >= 15 is 0 Å². The van der Waals surface area contributed by atoms with Crippen LogP contribution >= 0.6 is 11.6 Å². The van der Waals surface area contributed by atoms with Gasteiger partial charge in [0.05, 0.1) is 18.1 Å². The third kappa shape index (κ3) is 3.73. The Kier molecular flexibility index (Phi) is 5.06. The van der Waals surface area contributed by atoms with Gasteiger partial charge in [-0.25, -0.2) is 4.79 Å². The lowest BCUT2D eigenvalue weighted by molar-refractivity contribution is 0.0731. The van der Waals surface area contributed by atoms with Gasteiger partial charge in [-0.2, -0.15) is 0 Å². The number of ether oxygens (including phenoxy) is 2. The number of esters is 1. The molecule has 0 unspecified atom stereocenters. The summed E-state index contributed by atoms with van der Waals surface area (Å²) in [6.07, 6.45) is 1.39.